The smallest absolute Gasteiger partial charge is 0.124 e. The molecule has 0 unspecified atom stereocenters. The highest BCUT2D eigenvalue weighted by Crippen LogP contribution is 2.25. The molecule has 0 amide bonds. The summed E-state index contributed by atoms with van der Waals surface area (Å²) in [5, 5.41) is 0. The Hall–Kier alpha value is -1.02. The molecule has 0 heterocycles. The first-order valence-electron chi connectivity index (χ1n) is 5.64. The topological polar surface area (TPSA) is 35.2 Å². The Labute approximate surface area is 92.4 Å². The van der Waals surface area contributed by atoms with E-state index in [0.717, 1.165) is 30.8 Å². The Morgan fingerprint density at radius 2 is 2.13 bits per heavy atom. The highest BCUT2D eigenvalue weighted by molar-refractivity contribution is 5.38. The van der Waals surface area contributed by atoms with Crippen LogP contribution in [0.2, 0.25) is 0 Å². The van der Waals surface area contributed by atoms with Crippen LogP contribution in [0.25, 0.3) is 0 Å². The molecule has 0 saturated carbocycles. The molecule has 0 aromatic heterocycles. The minimum absolute atomic E-state index is 0.0298. The zero-order chi connectivity index (χ0) is 11.3. The summed E-state index contributed by atoms with van der Waals surface area (Å²) in [6.07, 6.45) is 2.24. The average Bonchev–Trinajstić information content (AvgIpc) is 2.18. The quantitative estimate of drug-likeness (QED) is 0.752. The summed E-state index contributed by atoms with van der Waals surface area (Å²) >= 11 is 0. The van der Waals surface area contributed by atoms with Crippen LogP contribution < -0.4 is 10.5 Å². The lowest BCUT2D eigenvalue weighted by Crippen LogP contribution is -2.08. The fraction of sp³-hybridized carbons (Fsp3) is 0.538. The van der Waals surface area contributed by atoms with Gasteiger partial charge in [-0.05, 0) is 31.9 Å². The maximum Gasteiger partial charge on any atom is 0.124 e. The number of benzene rings is 1. The van der Waals surface area contributed by atoms with Gasteiger partial charge >= 0.3 is 0 Å². The van der Waals surface area contributed by atoms with E-state index < -0.39 is 0 Å². The standard InChI is InChI=1S/C13H21NO/c1-4-5-8-15-13-9-10(2)6-7-12(13)11(3)14/h6-7,9,11H,4-5,8,14H2,1-3H3/t11-/m1/s1. The molecule has 15 heavy (non-hydrogen) atoms. The number of hydrogen-bond acceptors (Lipinski definition) is 2. The van der Waals surface area contributed by atoms with Gasteiger partial charge in [0.25, 0.3) is 0 Å². The van der Waals surface area contributed by atoms with Crippen molar-refractivity contribution in [1.29, 1.82) is 0 Å². The van der Waals surface area contributed by atoms with Crippen molar-refractivity contribution in [3.8, 4) is 5.75 Å². The molecule has 0 radical (unpaired) electrons. The molecule has 0 aliphatic rings. The van der Waals surface area contributed by atoms with E-state index in [-0.39, 0.29) is 6.04 Å². The van der Waals surface area contributed by atoms with E-state index in [1.165, 1.54) is 5.56 Å². The van der Waals surface area contributed by atoms with Crippen molar-refractivity contribution in [2.45, 2.75) is 39.7 Å². The molecule has 1 aromatic rings. The zero-order valence-corrected chi connectivity index (χ0v) is 9.92. The van der Waals surface area contributed by atoms with Crippen LogP contribution in [-0.2, 0) is 0 Å². The van der Waals surface area contributed by atoms with Crippen LogP contribution in [0.4, 0.5) is 0 Å². The van der Waals surface area contributed by atoms with E-state index in [9.17, 15) is 0 Å². The van der Waals surface area contributed by atoms with Gasteiger partial charge in [0.15, 0.2) is 0 Å². The number of ether oxygens (including phenoxy) is 1. The van der Waals surface area contributed by atoms with Crippen LogP contribution in [0.15, 0.2) is 18.2 Å². The summed E-state index contributed by atoms with van der Waals surface area (Å²) in [6, 6.07) is 6.23. The summed E-state index contributed by atoms with van der Waals surface area (Å²) < 4.78 is 5.74. The Morgan fingerprint density at radius 1 is 1.40 bits per heavy atom. The number of rotatable bonds is 5. The molecule has 0 aliphatic heterocycles. The van der Waals surface area contributed by atoms with Gasteiger partial charge in [-0.15, -0.1) is 0 Å². The van der Waals surface area contributed by atoms with E-state index in [0.29, 0.717) is 0 Å². The fourth-order valence-corrected chi connectivity index (χ4v) is 1.47. The maximum absolute atomic E-state index is 5.89. The van der Waals surface area contributed by atoms with Crippen molar-refractivity contribution < 1.29 is 4.74 Å². The zero-order valence-electron chi connectivity index (χ0n) is 9.92. The van der Waals surface area contributed by atoms with Crippen LogP contribution in [0.1, 0.15) is 43.9 Å². The van der Waals surface area contributed by atoms with Gasteiger partial charge in [-0.25, -0.2) is 0 Å². The van der Waals surface area contributed by atoms with Crippen molar-refractivity contribution in [2.24, 2.45) is 5.73 Å². The second-order valence-corrected chi connectivity index (χ2v) is 4.03. The SMILES string of the molecule is CCCCOc1cc(C)ccc1[C@@H](C)N. The Balaban J connectivity index is 2.77. The van der Waals surface area contributed by atoms with Crippen molar-refractivity contribution in [1.82, 2.24) is 0 Å². The van der Waals surface area contributed by atoms with Crippen molar-refractivity contribution in [2.75, 3.05) is 6.61 Å². The third-order valence-electron chi connectivity index (χ3n) is 2.42. The first-order valence-corrected chi connectivity index (χ1v) is 5.64. The summed E-state index contributed by atoms with van der Waals surface area (Å²) in [4.78, 5) is 0. The summed E-state index contributed by atoms with van der Waals surface area (Å²) in [7, 11) is 0. The van der Waals surface area contributed by atoms with Crippen LogP contribution in [-0.4, -0.2) is 6.61 Å². The Kier molecular flexibility index (Phi) is 4.63. The third-order valence-corrected chi connectivity index (χ3v) is 2.42. The second-order valence-electron chi connectivity index (χ2n) is 4.03. The van der Waals surface area contributed by atoms with Gasteiger partial charge < -0.3 is 10.5 Å². The molecular formula is C13H21NO. The Morgan fingerprint density at radius 3 is 2.73 bits per heavy atom. The molecule has 0 fully saturated rings. The number of unbranched alkanes of at least 4 members (excludes halogenated alkanes) is 1. The molecular weight excluding hydrogens is 186 g/mol. The predicted molar refractivity (Wildman–Crippen MR) is 64.2 cm³/mol. The normalized spacial score (nSPS) is 12.5. The monoisotopic (exact) mass is 207 g/mol. The largest absolute Gasteiger partial charge is 0.493 e. The van der Waals surface area contributed by atoms with Gasteiger partial charge in [-0.3, -0.25) is 0 Å². The van der Waals surface area contributed by atoms with Crippen molar-refractivity contribution in [3.05, 3.63) is 29.3 Å². The number of nitrogens with two attached hydrogens (primary N) is 1. The van der Waals surface area contributed by atoms with Crippen LogP contribution in [0, 0.1) is 6.92 Å². The van der Waals surface area contributed by atoms with E-state index in [2.05, 4.69) is 32.0 Å². The summed E-state index contributed by atoms with van der Waals surface area (Å²) in [5.41, 5.74) is 8.20. The number of aryl methyl sites for hydroxylation is 1. The summed E-state index contributed by atoms with van der Waals surface area (Å²) in [5.74, 6) is 0.943. The van der Waals surface area contributed by atoms with Crippen LogP contribution >= 0.6 is 0 Å². The maximum atomic E-state index is 5.89. The van der Waals surface area contributed by atoms with Gasteiger partial charge in [0.2, 0.25) is 0 Å². The van der Waals surface area contributed by atoms with Gasteiger partial charge in [0.05, 0.1) is 6.61 Å². The van der Waals surface area contributed by atoms with Crippen LogP contribution in [0.5, 0.6) is 5.75 Å². The van der Waals surface area contributed by atoms with E-state index in [1.807, 2.05) is 6.92 Å². The van der Waals surface area contributed by atoms with Crippen molar-refractivity contribution >= 4 is 0 Å². The van der Waals surface area contributed by atoms with Gasteiger partial charge in [0, 0.05) is 11.6 Å². The van der Waals surface area contributed by atoms with E-state index in [1.54, 1.807) is 0 Å². The highest BCUT2D eigenvalue weighted by Gasteiger charge is 2.07. The first-order chi connectivity index (χ1) is 7.15. The Bertz CT molecular complexity index is 307. The molecule has 0 aliphatic carbocycles. The van der Waals surface area contributed by atoms with E-state index in [4.69, 9.17) is 10.5 Å². The van der Waals surface area contributed by atoms with E-state index >= 15 is 0 Å². The lowest BCUT2D eigenvalue weighted by Gasteiger charge is -2.14. The predicted octanol–water partition coefficient (Wildman–Crippen LogP) is 3.19. The molecule has 2 N–H and O–H groups in total. The molecule has 0 spiro atoms. The van der Waals surface area contributed by atoms with Crippen LogP contribution in [0.3, 0.4) is 0 Å². The molecule has 1 aromatic carbocycles. The van der Waals surface area contributed by atoms with Gasteiger partial charge in [-0.1, -0.05) is 25.5 Å². The molecule has 84 valence electrons. The van der Waals surface area contributed by atoms with Gasteiger partial charge in [-0.2, -0.15) is 0 Å². The first kappa shape index (κ1) is 12.1. The molecule has 2 heteroatoms. The average molecular weight is 207 g/mol. The van der Waals surface area contributed by atoms with Gasteiger partial charge in [0.1, 0.15) is 5.75 Å². The fourth-order valence-electron chi connectivity index (χ4n) is 1.47. The summed E-state index contributed by atoms with van der Waals surface area (Å²) in [6.45, 7) is 6.99. The lowest BCUT2D eigenvalue weighted by molar-refractivity contribution is 0.305. The molecule has 1 atom stereocenters. The second kappa shape index (κ2) is 5.76. The third kappa shape index (κ3) is 3.56. The lowest BCUT2D eigenvalue weighted by atomic mass is 10.1. The minimum Gasteiger partial charge on any atom is -0.493 e. The minimum atomic E-state index is 0.0298. The molecule has 2 nitrogen and oxygen atoms in total. The molecule has 0 bridgehead atoms. The molecule has 1 rings (SSSR count). The van der Waals surface area contributed by atoms with Crippen molar-refractivity contribution in [3.63, 3.8) is 0 Å². The number of hydrogen-bond donors (Lipinski definition) is 1. The molecule has 0 saturated heterocycles. The highest BCUT2D eigenvalue weighted by atomic mass is 16.5.